The molecule has 1 spiro atoms. The Kier molecular flexibility index (Phi) is 3.54. The van der Waals surface area contributed by atoms with Crippen LogP contribution in [-0.2, 0) is 9.53 Å². The molecular weight excluding hydrogens is 320 g/mol. The summed E-state index contributed by atoms with van der Waals surface area (Å²) in [6.07, 6.45) is 0.656. The van der Waals surface area contributed by atoms with Crippen LogP contribution >= 0.6 is 0 Å². The second kappa shape index (κ2) is 5.52. The monoisotopic (exact) mass is 340 g/mol. The van der Waals surface area contributed by atoms with Crippen molar-refractivity contribution in [3.63, 3.8) is 0 Å². The number of hydrogen-bond donors (Lipinski definition) is 1. The summed E-state index contributed by atoms with van der Waals surface area (Å²) in [6, 6.07) is 5.44. The van der Waals surface area contributed by atoms with E-state index < -0.39 is 11.6 Å². The number of aromatic nitrogens is 1. The third-order valence-electron chi connectivity index (χ3n) is 5.08. The topological polar surface area (TPSA) is 77.5 Å². The predicted molar refractivity (Wildman–Crippen MR) is 91.9 cm³/mol. The van der Waals surface area contributed by atoms with Crippen LogP contribution in [0.4, 0.5) is 0 Å². The first kappa shape index (κ1) is 16.0. The van der Waals surface area contributed by atoms with Crippen LogP contribution in [0.5, 0.6) is 5.75 Å². The van der Waals surface area contributed by atoms with Crippen LogP contribution in [0.25, 0.3) is 10.9 Å². The van der Waals surface area contributed by atoms with Gasteiger partial charge >= 0.3 is 5.97 Å². The van der Waals surface area contributed by atoms with Gasteiger partial charge in [0.2, 0.25) is 0 Å². The zero-order valence-corrected chi connectivity index (χ0v) is 14.5. The lowest BCUT2D eigenvalue weighted by atomic mass is 9.86. The van der Waals surface area contributed by atoms with E-state index in [2.05, 4.69) is 10.3 Å². The smallest absolute Gasteiger partial charge is 0.323 e. The minimum atomic E-state index is -0.715. The molecule has 2 aliphatic rings. The van der Waals surface area contributed by atoms with Crippen LogP contribution in [0, 0.1) is 13.8 Å². The van der Waals surface area contributed by atoms with Gasteiger partial charge < -0.3 is 14.8 Å². The van der Waals surface area contributed by atoms with Gasteiger partial charge in [-0.3, -0.25) is 9.59 Å². The first-order chi connectivity index (χ1) is 11.9. The molecule has 2 aromatic rings. The lowest BCUT2D eigenvalue weighted by Gasteiger charge is -2.35. The predicted octanol–water partition coefficient (Wildman–Crippen LogP) is 2.09. The summed E-state index contributed by atoms with van der Waals surface area (Å²) in [6.45, 7) is 4.27. The Labute approximate surface area is 145 Å². The second-order valence-corrected chi connectivity index (χ2v) is 6.97. The number of esters is 1. The molecule has 1 N–H and O–H groups in total. The van der Waals surface area contributed by atoms with Crippen molar-refractivity contribution in [2.45, 2.75) is 38.3 Å². The number of nitrogens with one attached hydrogen (secondary N) is 1. The first-order valence-corrected chi connectivity index (χ1v) is 8.37. The van der Waals surface area contributed by atoms with E-state index in [0.29, 0.717) is 30.0 Å². The van der Waals surface area contributed by atoms with E-state index in [1.807, 2.05) is 32.0 Å². The number of carbonyl (C=O) groups is 2. The van der Waals surface area contributed by atoms with Gasteiger partial charge in [-0.1, -0.05) is 11.6 Å². The van der Waals surface area contributed by atoms with Crippen molar-refractivity contribution in [1.29, 1.82) is 0 Å². The van der Waals surface area contributed by atoms with Gasteiger partial charge in [-0.25, -0.2) is 4.98 Å². The molecule has 1 aromatic carbocycles. The van der Waals surface area contributed by atoms with Crippen LogP contribution in [0.2, 0.25) is 0 Å². The third-order valence-corrected chi connectivity index (χ3v) is 5.08. The lowest BCUT2D eigenvalue weighted by Crippen LogP contribution is -2.44. The summed E-state index contributed by atoms with van der Waals surface area (Å²) >= 11 is 0. The third kappa shape index (κ3) is 2.48. The van der Waals surface area contributed by atoms with E-state index >= 15 is 0 Å². The Morgan fingerprint density at radius 2 is 2.20 bits per heavy atom. The Balaban J connectivity index is 1.79. The molecule has 0 amide bonds. The fraction of sp³-hybridized carbons (Fsp3) is 0.421. The molecule has 1 fully saturated rings. The number of methoxy groups -OCH3 is 1. The summed E-state index contributed by atoms with van der Waals surface area (Å²) < 4.78 is 11.1. The average molecular weight is 340 g/mol. The molecule has 1 aromatic heterocycles. The molecule has 25 heavy (non-hydrogen) atoms. The maximum absolute atomic E-state index is 13.0. The molecule has 3 heterocycles. The van der Waals surface area contributed by atoms with E-state index in [1.165, 1.54) is 7.11 Å². The minimum Gasteiger partial charge on any atom is -0.483 e. The Morgan fingerprint density at radius 1 is 1.40 bits per heavy atom. The molecule has 6 heteroatoms. The molecular formula is C19H20N2O4. The van der Waals surface area contributed by atoms with Gasteiger partial charge in [-0.2, -0.15) is 0 Å². The second-order valence-electron chi connectivity index (χ2n) is 6.97. The number of aryl methyl sites for hydroxylation is 2. The van der Waals surface area contributed by atoms with Crippen LogP contribution in [0.3, 0.4) is 0 Å². The highest BCUT2D eigenvalue weighted by molar-refractivity contribution is 6.11. The fourth-order valence-electron chi connectivity index (χ4n) is 3.86. The molecule has 130 valence electrons. The number of carbonyl (C=O) groups excluding carboxylic acids is 2. The number of ether oxygens (including phenoxy) is 2. The first-order valence-electron chi connectivity index (χ1n) is 8.37. The number of Topliss-reactive ketones (excluding diaryl/α,β-unsaturated/α-hetero) is 1. The van der Waals surface area contributed by atoms with Crippen molar-refractivity contribution in [2.75, 3.05) is 13.7 Å². The van der Waals surface area contributed by atoms with E-state index in [1.54, 1.807) is 0 Å². The summed E-state index contributed by atoms with van der Waals surface area (Å²) in [5.41, 5.74) is 2.46. The molecule has 2 atom stereocenters. The lowest BCUT2D eigenvalue weighted by molar-refractivity contribution is -0.143. The van der Waals surface area contributed by atoms with Crippen molar-refractivity contribution >= 4 is 22.7 Å². The van der Waals surface area contributed by atoms with Crippen LogP contribution in [0.15, 0.2) is 18.2 Å². The molecule has 4 rings (SSSR count). The van der Waals surface area contributed by atoms with Crippen LogP contribution in [-0.4, -0.2) is 42.0 Å². The Hall–Kier alpha value is -2.47. The largest absolute Gasteiger partial charge is 0.483 e. The number of nitrogens with zero attached hydrogens (tertiary/aromatic N) is 1. The SMILES string of the molecule is COC(=O)C1CC2(CN1)CC(=O)c1c(c(C)nc3ccc(C)cc13)O2. The fourth-order valence-corrected chi connectivity index (χ4v) is 3.86. The van der Waals surface area contributed by atoms with E-state index in [9.17, 15) is 9.59 Å². The normalized spacial score (nSPS) is 25.1. The van der Waals surface area contributed by atoms with Gasteiger partial charge in [0, 0.05) is 18.4 Å². The molecule has 1 saturated heterocycles. The van der Waals surface area contributed by atoms with Crippen LogP contribution in [0.1, 0.15) is 34.5 Å². The van der Waals surface area contributed by atoms with Gasteiger partial charge in [0.05, 0.1) is 30.3 Å². The van der Waals surface area contributed by atoms with Crippen LogP contribution < -0.4 is 10.1 Å². The Morgan fingerprint density at radius 3 is 2.96 bits per heavy atom. The molecule has 2 aliphatic heterocycles. The van der Waals surface area contributed by atoms with Crippen molar-refractivity contribution in [3.8, 4) is 5.75 Å². The van der Waals surface area contributed by atoms with Crippen molar-refractivity contribution < 1.29 is 19.1 Å². The zero-order chi connectivity index (χ0) is 17.8. The quantitative estimate of drug-likeness (QED) is 0.801. The maximum atomic E-state index is 13.0. The van der Waals surface area contributed by atoms with Crippen molar-refractivity contribution in [2.24, 2.45) is 0 Å². The van der Waals surface area contributed by atoms with Gasteiger partial charge in [0.25, 0.3) is 0 Å². The van der Waals surface area contributed by atoms with Gasteiger partial charge in [-0.05, 0) is 26.0 Å². The van der Waals surface area contributed by atoms with E-state index in [-0.39, 0.29) is 18.2 Å². The summed E-state index contributed by atoms with van der Waals surface area (Å²) in [5.74, 6) is 0.249. The summed E-state index contributed by atoms with van der Waals surface area (Å²) in [4.78, 5) is 29.4. The maximum Gasteiger partial charge on any atom is 0.323 e. The standard InChI is InChI=1S/C19H20N2O4/c1-10-4-5-13-12(6-10)16-15(22)8-19(25-17(16)11(2)21-13)7-14(20-9-19)18(23)24-3/h4-6,14,20H,7-9H2,1-3H3. The molecule has 2 unspecified atom stereocenters. The highest BCUT2D eigenvalue weighted by Gasteiger charge is 2.49. The number of pyridine rings is 1. The highest BCUT2D eigenvalue weighted by atomic mass is 16.5. The number of benzene rings is 1. The summed E-state index contributed by atoms with van der Waals surface area (Å²) in [5, 5.41) is 3.94. The number of hydrogen-bond acceptors (Lipinski definition) is 6. The number of rotatable bonds is 1. The number of ketones is 1. The molecule has 0 aliphatic carbocycles. The molecule has 0 saturated carbocycles. The van der Waals surface area contributed by atoms with Crippen molar-refractivity contribution in [3.05, 3.63) is 35.0 Å². The zero-order valence-electron chi connectivity index (χ0n) is 14.5. The van der Waals surface area contributed by atoms with Crippen molar-refractivity contribution in [1.82, 2.24) is 10.3 Å². The van der Waals surface area contributed by atoms with Gasteiger partial charge in [-0.15, -0.1) is 0 Å². The van der Waals surface area contributed by atoms with E-state index in [4.69, 9.17) is 9.47 Å². The van der Waals surface area contributed by atoms with E-state index in [0.717, 1.165) is 16.5 Å². The van der Waals surface area contributed by atoms with Gasteiger partial charge in [0.15, 0.2) is 11.5 Å². The minimum absolute atomic E-state index is 0.0367. The highest BCUT2D eigenvalue weighted by Crippen LogP contribution is 2.42. The molecule has 0 bridgehead atoms. The molecule has 0 radical (unpaired) electrons. The number of fused-ring (bicyclic) bond motifs is 3. The summed E-state index contributed by atoms with van der Waals surface area (Å²) in [7, 11) is 1.36. The Bertz CT molecular complexity index is 908. The van der Waals surface area contributed by atoms with Gasteiger partial charge in [0.1, 0.15) is 11.6 Å². The average Bonchev–Trinajstić information content (AvgIpc) is 2.98. The molecule has 6 nitrogen and oxygen atoms in total.